The average Bonchev–Trinajstić information content (AvgIpc) is 2.99. The summed E-state index contributed by atoms with van der Waals surface area (Å²) in [6.45, 7) is 1.30. The Bertz CT molecular complexity index is 507. The fourth-order valence-electron chi connectivity index (χ4n) is 2.95. The molecule has 20 heavy (non-hydrogen) atoms. The number of hydrogen-bond donors (Lipinski definition) is 2. The first-order valence-electron chi connectivity index (χ1n) is 6.60. The van der Waals surface area contributed by atoms with Gasteiger partial charge in [0.05, 0.1) is 0 Å². The van der Waals surface area contributed by atoms with Crippen LogP contribution in [0.1, 0.15) is 5.56 Å². The molecule has 6 heteroatoms. The number of rotatable bonds is 3. The molecule has 1 heterocycles. The average molecular weight is 276 g/mol. The van der Waals surface area contributed by atoms with Crippen molar-refractivity contribution in [2.75, 3.05) is 13.1 Å². The number of amides is 2. The Kier molecular flexibility index (Phi) is 3.31. The molecule has 3 atom stereocenters. The van der Waals surface area contributed by atoms with Crippen LogP contribution >= 0.6 is 0 Å². The van der Waals surface area contributed by atoms with Gasteiger partial charge in [0.15, 0.2) is 0 Å². The van der Waals surface area contributed by atoms with Crippen molar-refractivity contribution >= 4 is 12.0 Å². The van der Waals surface area contributed by atoms with Gasteiger partial charge in [-0.3, -0.25) is 10.0 Å². The van der Waals surface area contributed by atoms with E-state index in [4.69, 9.17) is 9.94 Å². The van der Waals surface area contributed by atoms with E-state index < -0.39 is 0 Å². The molecule has 2 N–H and O–H groups in total. The molecule has 1 saturated carbocycles. The molecule has 1 aromatic carbocycles. The number of ether oxygens (including phenoxy) is 1. The van der Waals surface area contributed by atoms with Crippen molar-refractivity contribution in [3.63, 3.8) is 0 Å². The molecule has 0 bridgehead atoms. The van der Waals surface area contributed by atoms with E-state index in [9.17, 15) is 9.59 Å². The van der Waals surface area contributed by atoms with Crippen molar-refractivity contribution in [2.24, 2.45) is 17.8 Å². The van der Waals surface area contributed by atoms with Crippen LogP contribution in [0.15, 0.2) is 30.3 Å². The third-order valence-corrected chi connectivity index (χ3v) is 4.07. The van der Waals surface area contributed by atoms with Gasteiger partial charge in [-0.25, -0.2) is 10.3 Å². The number of benzene rings is 1. The number of hydroxylamine groups is 1. The summed E-state index contributed by atoms with van der Waals surface area (Å²) in [7, 11) is 0. The van der Waals surface area contributed by atoms with Gasteiger partial charge in [0.25, 0.3) is 0 Å². The van der Waals surface area contributed by atoms with Crippen molar-refractivity contribution in [1.29, 1.82) is 0 Å². The molecule has 2 amide bonds. The highest BCUT2D eigenvalue weighted by Crippen LogP contribution is 2.51. The first-order chi connectivity index (χ1) is 9.70. The topological polar surface area (TPSA) is 78.9 Å². The summed E-state index contributed by atoms with van der Waals surface area (Å²) in [4.78, 5) is 24.8. The maximum Gasteiger partial charge on any atom is 0.410 e. The Morgan fingerprint density at radius 3 is 2.50 bits per heavy atom. The van der Waals surface area contributed by atoms with Crippen LogP contribution < -0.4 is 5.48 Å². The lowest BCUT2D eigenvalue weighted by atomic mass is 10.2. The number of piperidine rings is 1. The fourth-order valence-corrected chi connectivity index (χ4v) is 2.95. The van der Waals surface area contributed by atoms with Crippen LogP contribution in [0.5, 0.6) is 0 Å². The van der Waals surface area contributed by atoms with Crippen LogP contribution in [-0.4, -0.2) is 35.2 Å². The zero-order valence-corrected chi connectivity index (χ0v) is 10.9. The minimum absolute atomic E-state index is 0.154. The number of likely N-dealkylation sites (tertiary alicyclic amines) is 1. The van der Waals surface area contributed by atoms with Gasteiger partial charge < -0.3 is 9.64 Å². The van der Waals surface area contributed by atoms with Crippen molar-refractivity contribution in [3.05, 3.63) is 35.9 Å². The summed E-state index contributed by atoms with van der Waals surface area (Å²) in [5.74, 6) is -0.187. The third kappa shape index (κ3) is 2.34. The van der Waals surface area contributed by atoms with E-state index in [-0.39, 0.29) is 36.4 Å². The lowest BCUT2D eigenvalue weighted by Crippen LogP contribution is -2.34. The Morgan fingerprint density at radius 1 is 1.25 bits per heavy atom. The molecular weight excluding hydrogens is 260 g/mol. The summed E-state index contributed by atoms with van der Waals surface area (Å²) in [6.07, 6.45) is -0.343. The van der Waals surface area contributed by atoms with Gasteiger partial charge in [-0.1, -0.05) is 30.3 Å². The lowest BCUT2D eigenvalue weighted by Gasteiger charge is -2.19. The molecule has 0 aromatic heterocycles. The van der Waals surface area contributed by atoms with E-state index in [1.807, 2.05) is 30.3 Å². The molecule has 2 aliphatic rings. The standard InChI is InChI=1S/C14H16N2O4/c17-13(15-19)12-10-6-16(7-11(10)12)14(18)20-8-9-4-2-1-3-5-9/h1-5,10-12,19H,6-8H2,(H,15,17)/t10-,11+,12?. The Morgan fingerprint density at radius 2 is 1.90 bits per heavy atom. The van der Waals surface area contributed by atoms with E-state index in [1.54, 1.807) is 10.4 Å². The Labute approximate surface area is 116 Å². The quantitative estimate of drug-likeness (QED) is 0.638. The van der Waals surface area contributed by atoms with E-state index in [0.29, 0.717) is 13.1 Å². The first-order valence-corrected chi connectivity index (χ1v) is 6.60. The number of nitrogens with one attached hydrogen (secondary N) is 1. The second-order valence-corrected chi connectivity index (χ2v) is 5.27. The van der Waals surface area contributed by atoms with Gasteiger partial charge in [0, 0.05) is 19.0 Å². The van der Waals surface area contributed by atoms with Crippen LogP contribution in [0, 0.1) is 17.8 Å². The first kappa shape index (κ1) is 12.9. The number of hydrogen-bond acceptors (Lipinski definition) is 4. The van der Waals surface area contributed by atoms with Gasteiger partial charge >= 0.3 is 6.09 Å². The highest BCUT2D eigenvalue weighted by Gasteiger charge is 2.60. The predicted octanol–water partition coefficient (Wildman–Crippen LogP) is 1.01. The minimum atomic E-state index is -0.350. The zero-order chi connectivity index (χ0) is 14.1. The number of carbonyl (C=O) groups excluding carboxylic acids is 2. The molecule has 1 unspecified atom stereocenters. The maximum atomic E-state index is 11.9. The number of nitrogens with zero attached hydrogens (tertiary/aromatic N) is 1. The molecule has 1 aromatic rings. The summed E-state index contributed by atoms with van der Waals surface area (Å²) >= 11 is 0. The van der Waals surface area contributed by atoms with Crippen LogP contribution in [0.25, 0.3) is 0 Å². The number of carbonyl (C=O) groups is 2. The molecule has 1 saturated heterocycles. The molecule has 0 spiro atoms. The highest BCUT2D eigenvalue weighted by atomic mass is 16.6. The van der Waals surface area contributed by atoms with Gasteiger partial charge in [0.1, 0.15) is 6.61 Å². The van der Waals surface area contributed by atoms with Crippen LogP contribution in [0.4, 0.5) is 4.79 Å². The van der Waals surface area contributed by atoms with Crippen LogP contribution in [0.3, 0.4) is 0 Å². The molecular formula is C14H16N2O4. The summed E-state index contributed by atoms with van der Waals surface area (Å²) < 4.78 is 5.24. The highest BCUT2D eigenvalue weighted by molar-refractivity contribution is 5.82. The molecule has 2 fully saturated rings. The van der Waals surface area contributed by atoms with Gasteiger partial charge in [-0.15, -0.1) is 0 Å². The van der Waals surface area contributed by atoms with Crippen molar-refractivity contribution in [1.82, 2.24) is 10.4 Å². The van der Waals surface area contributed by atoms with Crippen molar-refractivity contribution < 1.29 is 19.5 Å². The second kappa shape index (κ2) is 5.13. The minimum Gasteiger partial charge on any atom is -0.445 e. The van der Waals surface area contributed by atoms with E-state index in [0.717, 1.165) is 5.56 Å². The molecule has 1 aliphatic heterocycles. The lowest BCUT2D eigenvalue weighted by molar-refractivity contribution is -0.131. The molecule has 6 nitrogen and oxygen atoms in total. The maximum absolute atomic E-state index is 11.9. The second-order valence-electron chi connectivity index (χ2n) is 5.27. The van der Waals surface area contributed by atoms with Crippen LogP contribution in [-0.2, 0) is 16.1 Å². The van der Waals surface area contributed by atoms with E-state index >= 15 is 0 Å². The third-order valence-electron chi connectivity index (χ3n) is 4.07. The normalized spacial score (nSPS) is 26.9. The van der Waals surface area contributed by atoms with Crippen molar-refractivity contribution in [2.45, 2.75) is 6.61 Å². The number of fused-ring (bicyclic) bond motifs is 1. The summed E-state index contributed by atoms with van der Waals surface area (Å²) in [5, 5.41) is 8.58. The SMILES string of the molecule is O=C(NO)C1[C@H]2CN(C(=O)OCc3ccccc3)C[C@@H]12. The van der Waals surface area contributed by atoms with Crippen LogP contribution in [0.2, 0.25) is 0 Å². The van der Waals surface area contributed by atoms with E-state index in [1.165, 1.54) is 0 Å². The van der Waals surface area contributed by atoms with E-state index in [2.05, 4.69) is 0 Å². The largest absolute Gasteiger partial charge is 0.445 e. The van der Waals surface area contributed by atoms with Gasteiger partial charge in [-0.2, -0.15) is 0 Å². The summed E-state index contributed by atoms with van der Waals surface area (Å²) in [6, 6.07) is 9.50. The molecule has 1 aliphatic carbocycles. The molecule has 0 radical (unpaired) electrons. The Hall–Kier alpha value is -2.08. The van der Waals surface area contributed by atoms with Gasteiger partial charge in [0.2, 0.25) is 5.91 Å². The smallest absolute Gasteiger partial charge is 0.410 e. The predicted molar refractivity (Wildman–Crippen MR) is 68.6 cm³/mol. The van der Waals surface area contributed by atoms with Gasteiger partial charge in [-0.05, 0) is 17.4 Å². The molecule has 3 rings (SSSR count). The zero-order valence-electron chi connectivity index (χ0n) is 10.9. The molecule has 106 valence electrons. The monoisotopic (exact) mass is 276 g/mol. The Balaban J connectivity index is 1.46. The summed E-state index contributed by atoms with van der Waals surface area (Å²) in [5.41, 5.74) is 2.62. The fraction of sp³-hybridized carbons (Fsp3) is 0.429. The van der Waals surface area contributed by atoms with Crippen molar-refractivity contribution in [3.8, 4) is 0 Å².